The number of hydrogen-bond acceptors (Lipinski definition) is 2. The van der Waals surface area contributed by atoms with E-state index in [-0.39, 0.29) is 12.5 Å². The molecule has 0 saturated carbocycles. The highest BCUT2D eigenvalue weighted by Gasteiger charge is 2.15. The highest BCUT2D eigenvalue weighted by molar-refractivity contribution is 9.11. The molecule has 0 aliphatic heterocycles. The van der Waals surface area contributed by atoms with E-state index in [4.69, 9.17) is 11.6 Å². The van der Waals surface area contributed by atoms with Crippen molar-refractivity contribution in [1.29, 1.82) is 0 Å². The van der Waals surface area contributed by atoms with Crippen LogP contribution in [0.3, 0.4) is 0 Å². The van der Waals surface area contributed by atoms with Gasteiger partial charge >= 0.3 is 0 Å². The summed E-state index contributed by atoms with van der Waals surface area (Å²) in [6, 6.07) is 11.6. The van der Waals surface area contributed by atoms with Crippen molar-refractivity contribution in [2.24, 2.45) is 0 Å². The fourth-order valence-corrected chi connectivity index (χ4v) is 3.34. The molecule has 1 aromatic heterocycles. The molecule has 0 radical (unpaired) electrons. The molecule has 1 aromatic carbocycles. The van der Waals surface area contributed by atoms with Crippen LogP contribution in [0.15, 0.2) is 40.2 Å². The highest BCUT2D eigenvalue weighted by atomic mass is 79.9. The lowest BCUT2D eigenvalue weighted by Crippen LogP contribution is -2.03. The number of aliphatic hydroxyl groups is 1. The summed E-state index contributed by atoms with van der Waals surface area (Å²) >= 11 is 11.0. The van der Waals surface area contributed by atoms with Gasteiger partial charge in [-0.2, -0.15) is 0 Å². The second-order valence-corrected chi connectivity index (χ2v) is 6.36. The monoisotopic (exact) mass is 316 g/mol. The van der Waals surface area contributed by atoms with Gasteiger partial charge in [-0.15, -0.1) is 11.3 Å². The first-order valence-corrected chi connectivity index (χ1v) is 6.81. The Morgan fingerprint density at radius 3 is 2.69 bits per heavy atom. The molecule has 84 valence electrons. The third-order valence-corrected chi connectivity index (χ3v) is 4.34. The number of thiophene rings is 1. The Labute approximate surface area is 112 Å². The standard InChI is InChI=1S/C12H10BrClOS/c13-12-5-4-11(16-12)10(7-15)8-2-1-3-9(14)6-8/h1-6,10,15H,7H2. The first kappa shape index (κ1) is 12.1. The topological polar surface area (TPSA) is 20.2 Å². The molecular weight excluding hydrogens is 308 g/mol. The van der Waals surface area contributed by atoms with Gasteiger partial charge in [0.1, 0.15) is 0 Å². The summed E-state index contributed by atoms with van der Waals surface area (Å²) in [7, 11) is 0. The number of halogens is 2. The predicted octanol–water partition coefficient (Wildman–Crippen LogP) is 4.29. The second-order valence-electron chi connectivity index (χ2n) is 3.43. The molecule has 0 aliphatic carbocycles. The minimum Gasteiger partial charge on any atom is -0.395 e. The summed E-state index contributed by atoms with van der Waals surface area (Å²) in [5.41, 5.74) is 1.05. The van der Waals surface area contributed by atoms with Crippen molar-refractivity contribution in [2.75, 3.05) is 6.61 Å². The molecule has 1 nitrogen and oxygen atoms in total. The van der Waals surface area contributed by atoms with Crippen molar-refractivity contribution >= 4 is 38.9 Å². The SMILES string of the molecule is OCC(c1cccc(Cl)c1)c1ccc(Br)s1. The average Bonchev–Trinajstić information content (AvgIpc) is 2.66. The molecule has 0 spiro atoms. The van der Waals surface area contributed by atoms with Gasteiger partial charge in [-0.25, -0.2) is 0 Å². The summed E-state index contributed by atoms with van der Waals surface area (Å²) in [4.78, 5) is 1.14. The summed E-state index contributed by atoms with van der Waals surface area (Å²) < 4.78 is 1.07. The van der Waals surface area contributed by atoms with Crippen molar-refractivity contribution in [1.82, 2.24) is 0 Å². The van der Waals surface area contributed by atoms with Crippen LogP contribution in [0.2, 0.25) is 5.02 Å². The molecule has 0 saturated heterocycles. The molecule has 4 heteroatoms. The number of rotatable bonds is 3. The van der Waals surface area contributed by atoms with Crippen molar-refractivity contribution in [3.63, 3.8) is 0 Å². The Morgan fingerprint density at radius 2 is 2.12 bits per heavy atom. The molecule has 2 aromatic rings. The van der Waals surface area contributed by atoms with Gasteiger partial charge in [-0.3, -0.25) is 0 Å². The molecule has 1 unspecified atom stereocenters. The fraction of sp³-hybridized carbons (Fsp3) is 0.167. The van der Waals surface area contributed by atoms with E-state index in [0.717, 1.165) is 14.2 Å². The second kappa shape index (κ2) is 5.32. The van der Waals surface area contributed by atoms with E-state index in [1.54, 1.807) is 11.3 Å². The quantitative estimate of drug-likeness (QED) is 0.895. The third kappa shape index (κ3) is 2.66. The number of benzene rings is 1. The van der Waals surface area contributed by atoms with Crippen molar-refractivity contribution in [3.05, 3.63) is 55.6 Å². The first-order chi connectivity index (χ1) is 7.70. The van der Waals surface area contributed by atoms with Crippen LogP contribution in [0.1, 0.15) is 16.4 Å². The van der Waals surface area contributed by atoms with Crippen LogP contribution in [0.5, 0.6) is 0 Å². The lowest BCUT2D eigenvalue weighted by molar-refractivity contribution is 0.282. The molecule has 1 heterocycles. The Hall–Kier alpha value is -0.350. The zero-order valence-electron chi connectivity index (χ0n) is 8.36. The van der Waals surface area contributed by atoms with E-state index in [1.165, 1.54) is 0 Å². The molecule has 0 bridgehead atoms. The smallest absolute Gasteiger partial charge is 0.0701 e. The maximum Gasteiger partial charge on any atom is 0.0701 e. The van der Waals surface area contributed by atoms with E-state index < -0.39 is 0 Å². The Morgan fingerprint density at radius 1 is 1.31 bits per heavy atom. The van der Waals surface area contributed by atoms with Crippen LogP contribution in [-0.4, -0.2) is 11.7 Å². The van der Waals surface area contributed by atoms with Gasteiger partial charge < -0.3 is 5.11 Å². The molecule has 0 fully saturated rings. The van der Waals surface area contributed by atoms with Gasteiger partial charge in [-0.1, -0.05) is 23.7 Å². The minimum atomic E-state index is 0.00926. The Kier molecular flexibility index (Phi) is 4.03. The van der Waals surface area contributed by atoms with Crippen molar-refractivity contribution < 1.29 is 5.11 Å². The lowest BCUT2D eigenvalue weighted by atomic mass is 9.98. The Bertz CT molecular complexity index is 483. The summed E-state index contributed by atoms with van der Waals surface area (Å²) in [5, 5.41) is 10.2. The molecular formula is C12H10BrClOS. The molecule has 0 amide bonds. The Balaban J connectivity index is 2.36. The average molecular weight is 318 g/mol. The molecule has 0 aliphatic rings. The van der Waals surface area contributed by atoms with Crippen LogP contribution in [0.4, 0.5) is 0 Å². The summed E-state index contributed by atoms with van der Waals surface area (Å²) in [5.74, 6) is 0.00926. The largest absolute Gasteiger partial charge is 0.395 e. The van der Waals surface area contributed by atoms with E-state index >= 15 is 0 Å². The summed E-state index contributed by atoms with van der Waals surface area (Å²) in [6.45, 7) is 0.0906. The van der Waals surface area contributed by atoms with Crippen LogP contribution < -0.4 is 0 Å². The van der Waals surface area contributed by atoms with Crippen LogP contribution in [-0.2, 0) is 0 Å². The number of aliphatic hydroxyl groups excluding tert-OH is 1. The van der Waals surface area contributed by atoms with Gasteiger partial charge in [0.05, 0.1) is 10.4 Å². The van der Waals surface area contributed by atoms with E-state index in [9.17, 15) is 5.11 Å². The van der Waals surface area contributed by atoms with Crippen molar-refractivity contribution in [3.8, 4) is 0 Å². The molecule has 2 rings (SSSR count). The number of hydrogen-bond donors (Lipinski definition) is 1. The van der Waals surface area contributed by atoms with E-state index in [2.05, 4.69) is 15.9 Å². The van der Waals surface area contributed by atoms with Gasteiger partial charge in [0, 0.05) is 15.8 Å². The minimum absolute atomic E-state index is 0.00926. The normalized spacial score (nSPS) is 12.7. The van der Waals surface area contributed by atoms with Gasteiger partial charge in [0.25, 0.3) is 0 Å². The van der Waals surface area contributed by atoms with E-state index in [0.29, 0.717) is 5.02 Å². The molecule has 1 atom stereocenters. The lowest BCUT2D eigenvalue weighted by Gasteiger charge is -2.12. The molecule has 16 heavy (non-hydrogen) atoms. The zero-order valence-corrected chi connectivity index (χ0v) is 11.5. The maximum absolute atomic E-state index is 9.48. The summed E-state index contributed by atoms with van der Waals surface area (Å²) in [6.07, 6.45) is 0. The van der Waals surface area contributed by atoms with Crippen LogP contribution >= 0.6 is 38.9 Å². The highest BCUT2D eigenvalue weighted by Crippen LogP contribution is 2.33. The fourth-order valence-electron chi connectivity index (χ4n) is 1.60. The third-order valence-electron chi connectivity index (χ3n) is 2.37. The van der Waals surface area contributed by atoms with E-state index in [1.807, 2.05) is 36.4 Å². The zero-order chi connectivity index (χ0) is 11.5. The first-order valence-electron chi connectivity index (χ1n) is 4.82. The maximum atomic E-state index is 9.48. The van der Waals surface area contributed by atoms with Gasteiger partial charge in [0.2, 0.25) is 0 Å². The molecule has 1 N–H and O–H groups in total. The van der Waals surface area contributed by atoms with Crippen molar-refractivity contribution in [2.45, 2.75) is 5.92 Å². The van der Waals surface area contributed by atoms with Crippen LogP contribution in [0, 0.1) is 0 Å². The van der Waals surface area contributed by atoms with Crippen LogP contribution in [0.25, 0.3) is 0 Å². The predicted molar refractivity (Wildman–Crippen MR) is 72.4 cm³/mol. The van der Waals surface area contributed by atoms with Gasteiger partial charge in [0.15, 0.2) is 0 Å². The van der Waals surface area contributed by atoms with Gasteiger partial charge in [-0.05, 0) is 45.8 Å².